The number of H-pyrrole nitrogens is 1. The molecule has 3 N–H and O–H groups in total. The van der Waals surface area contributed by atoms with Gasteiger partial charge < -0.3 is 14.9 Å². The molecule has 1 fully saturated rings. The molecular weight excluding hydrogens is 275 g/mol. The van der Waals surface area contributed by atoms with Crippen LogP contribution in [0.25, 0.3) is 0 Å². The van der Waals surface area contributed by atoms with Gasteiger partial charge in [-0.1, -0.05) is 5.92 Å². The molecule has 20 heavy (non-hydrogen) atoms. The minimum absolute atomic E-state index is 0.173. The van der Waals surface area contributed by atoms with E-state index in [1.807, 2.05) is 4.98 Å². The van der Waals surface area contributed by atoms with Crippen LogP contribution in [-0.2, 0) is 9.68 Å². The molecule has 0 amide bonds. The van der Waals surface area contributed by atoms with E-state index in [2.05, 4.69) is 10.9 Å². The Morgan fingerprint density at radius 3 is 2.85 bits per heavy atom. The first-order chi connectivity index (χ1) is 9.53. The fourth-order valence-corrected chi connectivity index (χ4v) is 1.97. The van der Waals surface area contributed by atoms with Crippen molar-refractivity contribution in [2.24, 2.45) is 0 Å². The van der Waals surface area contributed by atoms with E-state index >= 15 is 0 Å². The van der Waals surface area contributed by atoms with Gasteiger partial charge in [-0.2, -0.15) is 4.94 Å². The number of rotatable bonds is 3. The molecule has 1 aliphatic rings. The van der Waals surface area contributed by atoms with Gasteiger partial charge in [-0.25, -0.2) is 4.79 Å². The Bertz CT molecular complexity index is 648. The highest BCUT2D eigenvalue weighted by molar-refractivity contribution is 5.26. The summed E-state index contributed by atoms with van der Waals surface area (Å²) in [5.41, 5.74) is -1.86. The molecule has 0 spiro atoms. The van der Waals surface area contributed by atoms with Gasteiger partial charge in [0, 0.05) is 6.20 Å². The molecule has 1 saturated heterocycles. The second-order valence-electron chi connectivity index (χ2n) is 4.15. The smallest absolute Gasteiger partial charge is 0.330 e. The quantitative estimate of drug-likeness (QED) is 0.556. The number of hydrogen-bond acceptors (Lipinski definition) is 6. The third-order valence-corrected chi connectivity index (χ3v) is 2.99. The largest absolute Gasteiger partial charge is 0.394 e. The summed E-state index contributed by atoms with van der Waals surface area (Å²) >= 11 is 0. The van der Waals surface area contributed by atoms with Crippen molar-refractivity contribution >= 4 is 0 Å². The highest BCUT2D eigenvalue weighted by Crippen LogP contribution is 2.30. The van der Waals surface area contributed by atoms with Gasteiger partial charge >= 0.3 is 5.69 Å². The molecule has 0 bridgehead atoms. The van der Waals surface area contributed by atoms with Crippen LogP contribution >= 0.6 is 0 Å². The minimum Gasteiger partial charge on any atom is -0.394 e. The average Bonchev–Trinajstić information content (AvgIpc) is 2.75. The molecule has 9 heteroatoms. The number of aliphatic hydroxyl groups excluding tert-OH is 2. The maximum Gasteiger partial charge on any atom is 0.330 e. The molecule has 0 saturated carbocycles. The van der Waals surface area contributed by atoms with Gasteiger partial charge in [0.1, 0.15) is 17.8 Å². The summed E-state index contributed by atoms with van der Waals surface area (Å²) in [5, 5.41) is 18.7. The summed E-state index contributed by atoms with van der Waals surface area (Å²) in [6, 6.07) is 0. The average molecular weight is 286 g/mol. The van der Waals surface area contributed by atoms with Gasteiger partial charge in [0.25, 0.3) is 5.56 Å². The third kappa shape index (κ3) is 2.25. The number of ether oxygens (including phenoxy) is 1. The maximum absolute atomic E-state index is 12.5. The first-order valence-electron chi connectivity index (χ1n) is 5.57. The van der Waals surface area contributed by atoms with Crippen molar-refractivity contribution in [2.45, 2.75) is 24.5 Å². The van der Waals surface area contributed by atoms with Gasteiger partial charge in [-0.3, -0.25) is 14.3 Å². The highest BCUT2D eigenvalue weighted by atomic mass is 19.3. The maximum atomic E-state index is 12.5. The molecule has 1 unspecified atom stereocenters. The lowest BCUT2D eigenvalue weighted by Crippen LogP contribution is -2.39. The molecule has 0 aromatic carbocycles. The fourth-order valence-electron chi connectivity index (χ4n) is 1.97. The predicted octanol–water partition coefficient (Wildman–Crippen LogP) is -1.96. The van der Waals surface area contributed by atoms with E-state index in [0.717, 1.165) is 10.8 Å². The normalized spacial score (nSPS) is 29.3. The van der Waals surface area contributed by atoms with Crippen molar-refractivity contribution in [3.63, 3.8) is 0 Å². The van der Waals surface area contributed by atoms with Crippen molar-refractivity contribution in [3.8, 4) is 12.3 Å². The highest BCUT2D eigenvalue weighted by Gasteiger charge is 2.46. The molecule has 2 heterocycles. The lowest BCUT2D eigenvalue weighted by Gasteiger charge is -2.17. The Labute approximate surface area is 111 Å². The van der Waals surface area contributed by atoms with E-state index in [-0.39, 0.29) is 5.56 Å². The number of nitrogens with one attached hydrogen (secondary N) is 1. The van der Waals surface area contributed by atoms with Crippen LogP contribution < -0.4 is 11.2 Å². The second-order valence-corrected chi connectivity index (χ2v) is 4.15. The Balaban J connectivity index is 2.49. The Hall–Kier alpha value is -1.99. The van der Waals surface area contributed by atoms with Crippen LogP contribution in [0, 0.1) is 12.3 Å². The number of halogens is 1. The summed E-state index contributed by atoms with van der Waals surface area (Å²) in [7, 11) is 0. The molecule has 108 valence electrons. The minimum atomic E-state index is -1.54. The van der Waals surface area contributed by atoms with Gasteiger partial charge in [0.15, 0.2) is 12.3 Å². The first-order valence-corrected chi connectivity index (χ1v) is 5.57. The number of aliphatic hydroxyl groups is 2. The molecule has 1 aromatic rings. The zero-order valence-corrected chi connectivity index (χ0v) is 10.0. The predicted molar refractivity (Wildman–Crippen MR) is 62.2 cm³/mol. The van der Waals surface area contributed by atoms with Crippen LogP contribution in [0.1, 0.15) is 11.8 Å². The summed E-state index contributed by atoms with van der Waals surface area (Å²) in [4.78, 5) is 28.5. The third-order valence-electron chi connectivity index (χ3n) is 2.99. The van der Waals surface area contributed by atoms with E-state index in [1.165, 1.54) is 0 Å². The van der Waals surface area contributed by atoms with Crippen LogP contribution in [0.15, 0.2) is 15.8 Å². The topological polar surface area (TPSA) is 114 Å². The Morgan fingerprint density at radius 1 is 1.60 bits per heavy atom. The molecule has 1 aromatic heterocycles. The molecule has 0 radical (unpaired) electrons. The molecule has 2 rings (SSSR count). The lowest BCUT2D eigenvalue weighted by atomic mass is 10.1. The van der Waals surface area contributed by atoms with Crippen LogP contribution in [0.2, 0.25) is 0 Å². The first kappa shape index (κ1) is 14.4. The van der Waals surface area contributed by atoms with E-state index in [1.54, 1.807) is 0 Å². The summed E-state index contributed by atoms with van der Waals surface area (Å²) in [5.74, 6) is 2.05. The van der Waals surface area contributed by atoms with Gasteiger partial charge in [-0.05, 0) is 4.53 Å². The molecule has 4 atom stereocenters. The van der Waals surface area contributed by atoms with Gasteiger partial charge in [-0.15, -0.1) is 6.42 Å². The summed E-state index contributed by atoms with van der Waals surface area (Å²) < 4.78 is 18.5. The summed E-state index contributed by atoms with van der Waals surface area (Å²) in [6.07, 6.45) is 0.560. The Morgan fingerprint density at radius 2 is 2.30 bits per heavy atom. The Kier molecular flexibility index (Phi) is 4.01. The molecule has 0 aliphatic carbocycles. The lowest BCUT2D eigenvalue weighted by molar-refractivity contribution is -0.221. The van der Waals surface area contributed by atoms with Crippen LogP contribution in [-0.4, -0.2) is 44.7 Å². The van der Waals surface area contributed by atoms with Crippen molar-refractivity contribution < 1.29 is 24.4 Å². The van der Waals surface area contributed by atoms with Crippen LogP contribution in [0.5, 0.6) is 0 Å². The number of nitrogens with zero attached hydrogens (tertiary/aromatic N) is 1. The van der Waals surface area contributed by atoms with E-state index < -0.39 is 42.4 Å². The van der Waals surface area contributed by atoms with Crippen LogP contribution in [0.4, 0.5) is 4.53 Å². The number of aromatic nitrogens is 2. The SMILES string of the molecule is C#Cc1cn([C@@H]2O[C@H](CO)C(O)[C@@H]2OF)c(=O)[nH]c1=O. The van der Waals surface area contributed by atoms with E-state index in [9.17, 15) is 19.2 Å². The van der Waals surface area contributed by atoms with E-state index in [4.69, 9.17) is 16.3 Å². The van der Waals surface area contributed by atoms with Gasteiger partial charge in [0.05, 0.1) is 6.61 Å². The number of aromatic amines is 1. The van der Waals surface area contributed by atoms with Crippen molar-refractivity contribution in [1.29, 1.82) is 0 Å². The molecular formula is C11H11FN2O6. The van der Waals surface area contributed by atoms with E-state index in [0.29, 0.717) is 0 Å². The number of terminal acetylenes is 1. The standard InChI is InChI=1S/C11H11FN2O6/c1-2-5-3-14(11(18)13-9(5)17)10-8(20-12)7(16)6(4-15)19-10/h1,3,6-8,10,15-16H,4H2,(H,13,17,18)/t6-,7?,8+,10-/m1/s1. The molecule has 8 nitrogen and oxygen atoms in total. The molecule has 1 aliphatic heterocycles. The van der Waals surface area contributed by atoms with Gasteiger partial charge in [0.2, 0.25) is 0 Å². The summed E-state index contributed by atoms with van der Waals surface area (Å²) in [6.45, 7) is -0.600. The number of hydrogen-bond donors (Lipinski definition) is 3. The van der Waals surface area contributed by atoms with Crippen molar-refractivity contribution in [3.05, 3.63) is 32.6 Å². The zero-order valence-electron chi connectivity index (χ0n) is 10.0. The monoisotopic (exact) mass is 286 g/mol. The van der Waals surface area contributed by atoms with Crippen molar-refractivity contribution in [2.75, 3.05) is 6.61 Å². The van der Waals surface area contributed by atoms with Crippen LogP contribution in [0.3, 0.4) is 0 Å². The second kappa shape index (κ2) is 5.56. The fraction of sp³-hybridized carbons (Fsp3) is 0.455. The van der Waals surface area contributed by atoms with Crippen molar-refractivity contribution in [1.82, 2.24) is 9.55 Å². The zero-order chi connectivity index (χ0) is 14.9.